The molecule has 0 aliphatic rings. The van der Waals surface area contributed by atoms with Crippen molar-refractivity contribution in [2.75, 3.05) is 24.3 Å². The van der Waals surface area contributed by atoms with Crippen molar-refractivity contribution in [3.63, 3.8) is 0 Å². The van der Waals surface area contributed by atoms with Gasteiger partial charge in [-0.05, 0) is 60.3 Å². The number of nitrogens with zero attached hydrogens (tertiary/aromatic N) is 3. The maximum absolute atomic E-state index is 12.7. The molecule has 0 aliphatic carbocycles. The third kappa shape index (κ3) is 7.68. The quantitative estimate of drug-likeness (QED) is 0.156. The Morgan fingerprint density at radius 1 is 1.05 bits per heavy atom. The van der Waals surface area contributed by atoms with Crippen molar-refractivity contribution in [2.24, 2.45) is 0 Å². The number of carbonyl (C=O) groups is 1. The van der Waals surface area contributed by atoms with Crippen molar-refractivity contribution in [2.45, 2.75) is 4.90 Å². The maximum Gasteiger partial charge on any atom is 0.321 e. The van der Waals surface area contributed by atoms with Gasteiger partial charge in [-0.15, -0.1) is 0 Å². The third-order valence-corrected chi connectivity index (χ3v) is 6.08. The van der Waals surface area contributed by atoms with Crippen LogP contribution in [-0.4, -0.2) is 48.5 Å². The molecule has 0 bridgehead atoms. The number of amides is 1. The Bertz CT molecular complexity index is 1420. The normalized spacial score (nSPS) is 11.0. The van der Waals surface area contributed by atoms with E-state index in [1.54, 1.807) is 0 Å². The van der Waals surface area contributed by atoms with Crippen LogP contribution in [0.25, 0.3) is 6.08 Å². The van der Waals surface area contributed by atoms with Crippen molar-refractivity contribution in [3.8, 4) is 11.9 Å². The molecule has 2 aromatic carbocycles. The number of sulfonamides is 1. The molecular weight excluding hydrogens is 524 g/mol. The molecule has 15 heteroatoms. The second kappa shape index (κ2) is 11.9. The van der Waals surface area contributed by atoms with Crippen LogP contribution in [0.5, 0.6) is 11.9 Å². The van der Waals surface area contributed by atoms with Crippen molar-refractivity contribution in [1.29, 1.82) is 0 Å². The number of anilines is 2. The summed E-state index contributed by atoms with van der Waals surface area (Å²) in [5, 5.41) is 15.9. The van der Waals surface area contributed by atoms with E-state index in [0.29, 0.717) is 11.3 Å². The first-order valence-corrected chi connectivity index (χ1v) is 12.1. The summed E-state index contributed by atoms with van der Waals surface area (Å²) in [7, 11) is -1.29. The number of nitro benzene ring substituents is 1. The van der Waals surface area contributed by atoms with Crippen molar-refractivity contribution < 1.29 is 27.6 Å². The zero-order chi connectivity index (χ0) is 27.0. The van der Waals surface area contributed by atoms with Gasteiger partial charge >= 0.3 is 6.01 Å². The molecule has 3 rings (SSSR count). The summed E-state index contributed by atoms with van der Waals surface area (Å²) in [5.74, 6) is -0.464. The highest BCUT2D eigenvalue weighted by atomic mass is 32.2. The van der Waals surface area contributed by atoms with Gasteiger partial charge in [0.2, 0.25) is 11.8 Å². The number of non-ortho nitro benzene ring substituents is 1. The molecule has 3 aromatic rings. The van der Waals surface area contributed by atoms with Crippen molar-refractivity contribution in [1.82, 2.24) is 15.3 Å². The van der Waals surface area contributed by atoms with Gasteiger partial charge in [0.05, 0.1) is 24.0 Å². The van der Waals surface area contributed by atoms with Crippen LogP contribution in [0.1, 0.15) is 5.56 Å². The Hall–Kier alpha value is -4.63. The summed E-state index contributed by atoms with van der Waals surface area (Å²) in [6.07, 6.45) is 2.69. The molecule has 1 aromatic heterocycles. The van der Waals surface area contributed by atoms with E-state index in [0.717, 1.165) is 0 Å². The molecule has 0 aliphatic heterocycles. The number of hydrogen-bond donors (Lipinski definition) is 3. The van der Waals surface area contributed by atoms with Crippen LogP contribution in [0.2, 0.25) is 0 Å². The lowest BCUT2D eigenvalue weighted by Crippen LogP contribution is -2.32. The number of carbonyl (C=O) groups excluding carboxylic acids is 1. The van der Waals surface area contributed by atoms with Gasteiger partial charge in [-0.3, -0.25) is 24.9 Å². The number of aromatic nitrogens is 2. The zero-order valence-electron chi connectivity index (χ0n) is 19.4. The standard InChI is InChI=1S/C22H20N6O7S2/c1-34-20-13-18(24-21(26-20)35-2)27-37(32,33)17-10-6-15(7-11-17)23-22(36)25-19(29)12-5-14-3-8-16(9-4-14)28(30)31/h3-13H,1-2H3,(H,24,26,27)(H2,23,25,29,36)/b12-5+. The fourth-order valence-electron chi connectivity index (χ4n) is 2.76. The molecule has 192 valence electrons. The number of ether oxygens (including phenoxy) is 2. The minimum atomic E-state index is -4.00. The highest BCUT2D eigenvalue weighted by Crippen LogP contribution is 2.21. The Kier molecular flexibility index (Phi) is 8.65. The second-order valence-corrected chi connectivity index (χ2v) is 9.13. The average molecular weight is 545 g/mol. The Balaban J connectivity index is 1.58. The Morgan fingerprint density at radius 3 is 2.32 bits per heavy atom. The number of rotatable bonds is 9. The molecule has 13 nitrogen and oxygen atoms in total. The molecule has 37 heavy (non-hydrogen) atoms. The van der Waals surface area contributed by atoms with Crippen LogP contribution < -0.4 is 24.8 Å². The molecule has 0 unspecified atom stereocenters. The number of benzene rings is 2. The van der Waals surface area contributed by atoms with Crippen molar-refractivity contribution >= 4 is 56.5 Å². The lowest BCUT2D eigenvalue weighted by molar-refractivity contribution is -0.384. The summed E-state index contributed by atoms with van der Waals surface area (Å²) in [6.45, 7) is 0. The molecular formula is C22H20N6O7S2. The minimum absolute atomic E-state index is 0.0211. The number of methoxy groups -OCH3 is 2. The molecule has 0 saturated heterocycles. The van der Waals surface area contributed by atoms with Crippen LogP contribution in [-0.2, 0) is 14.8 Å². The number of nitro groups is 1. The lowest BCUT2D eigenvalue weighted by atomic mass is 10.2. The number of thiocarbonyl (C=S) groups is 1. The van der Waals surface area contributed by atoms with Crippen LogP contribution in [0.4, 0.5) is 17.2 Å². The van der Waals surface area contributed by atoms with Gasteiger partial charge in [0.1, 0.15) is 0 Å². The summed E-state index contributed by atoms with van der Waals surface area (Å²) in [5.41, 5.74) is 0.953. The van der Waals surface area contributed by atoms with Gasteiger partial charge in [-0.1, -0.05) is 0 Å². The fourth-order valence-corrected chi connectivity index (χ4v) is 3.97. The van der Waals surface area contributed by atoms with E-state index in [1.807, 2.05) is 0 Å². The van der Waals surface area contributed by atoms with Crippen molar-refractivity contribution in [3.05, 3.63) is 76.4 Å². The highest BCUT2D eigenvalue weighted by Gasteiger charge is 2.17. The number of nitrogens with one attached hydrogen (secondary N) is 3. The maximum atomic E-state index is 12.7. The molecule has 3 N–H and O–H groups in total. The molecule has 1 amide bonds. The number of hydrogen-bond acceptors (Lipinski definition) is 10. The zero-order valence-corrected chi connectivity index (χ0v) is 21.0. The molecule has 0 saturated carbocycles. The lowest BCUT2D eigenvalue weighted by Gasteiger charge is -2.11. The highest BCUT2D eigenvalue weighted by molar-refractivity contribution is 7.92. The van der Waals surface area contributed by atoms with E-state index in [1.165, 1.54) is 81.0 Å². The average Bonchev–Trinajstić information content (AvgIpc) is 2.87. The summed E-state index contributed by atoms with van der Waals surface area (Å²) in [4.78, 5) is 30.0. The predicted octanol–water partition coefficient (Wildman–Crippen LogP) is 2.73. The van der Waals surface area contributed by atoms with Crippen LogP contribution >= 0.6 is 12.2 Å². The summed E-state index contributed by atoms with van der Waals surface area (Å²) >= 11 is 5.11. The molecule has 0 radical (unpaired) electrons. The third-order valence-electron chi connectivity index (χ3n) is 4.50. The largest absolute Gasteiger partial charge is 0.481 e. The van der Waals surface area contributed by atoms with Crippen LogP contribution in [0.3, 0.4) is 0 Å². The van der Waals surface area contributed by atoms with Crippen LogP contribution in [0.15, 0.2) is 65.6 Å². The SMILES string of the molecule is COc1cc(NS(=O)(=O)c2ccc(NC(=S)NC(=O)/C=C/c3ccc([N+](=O)[O-])cc3)cc2)nc(OC)n1. The fraction of sp³-hybridized carbons (Fsp3) is 0.0909. The Labute approximate surface area is 216 Å². The topological polar surface area (TPSA) is 175 Å². The van der Waals surface area contributed by atoms with Gasteiger partial charge in [-0.2, -0.15) is 9.97 Å². The van der Waals surface area contributed by atoms with E-state index < -0.39 is 20.9 Å². The first-order chi connectivity index (χ1) is 17.6. The first kappa shape index (κ1) is 27.0. The van der Waals surface area contributed by atoms with Crippen LogP contribution in [0, 0.1) is 10.1 Å². The first-order valence-electron chi connectivity index (χ1n) is 10.2. The molecule has 0 fully saturated rings. The Morgan fingerprint density at radius 2 is 1.73 bits per heavy atom. The minimum Gasteiger partial charge on any atom is -0.481 e. The van der Waals surface area contributed by atoms with E-state index in [-0.39, 0.29) is 33.4 Å². The van der Waals surface area contributed by atoms with E-state index >= 15 is 0 Å². The smallest absolute Gasteiger partial charge is 0.321 e. The van der Waals surface area contributed by atoms with E-state index in [9.17, 15) is 23.3 Å². The van der Waals surface area contributed by atoms with Gasteiger partial charge in [0.25, 0.3) is 15.7 Å². The van der Waals surface area contributed by atoms with Gasteiger partial charge in [0, 0.05) is 30.0 Å². The molecule has 1 heterocycles. The summed E-state index contributed by atoms with van der Waals surface area (Å²) in [6, 6.07) is 12.5. The summed E-state index contributed by atoms with van der Waals surface area (Å²) < 4.78 is 37.7. The van der Waals surface area contributed by atoms with Gasteiger partial charge in [-0.25, -0.2) is 8.42 Å². The van der Waals surface area contributed by atoms with E-state index in [2.05, 4.69) is 25.3 Å². The second-order valence-electron chi connectivity index (χ2n) is 7.04. The molecule has 0 spiro atoms. The predicted molar refractivity (Wildman–Crippen MR) is 139 cm³/mol. The molecule has 0 atom stereocenters. The van der Waals surface area contributed by atoms with E-state index in [4.69, 9.17) is 21.7 Å². The van der Waals surface area contributed by atoms with Gasteiger partial charge in [0.15, 0.2) is 10.9 Å². The van der Waals surface area contributed by atoms with Gasteiger partial charge < -0.3 is 14.8 Å². The monoisotopic (exact) mass is 544 g/mol.